The number of amides is 1. The fourth-order valence-corrected chi connectivity index (χ4v) is 3.58. The van der Waals surface area contributed by atoms with E-state index in [1.165, 1.54) is 10.8 Å². The Balaban J connectivity index is 1.80. The predicted molar refractivity (Wildman–Crippen MR) is 87.7 cm³/mol. The summed E-state index contributed by atoms with van der Waals surface area (Å²) in [6.45, 7) is 2.87. The summed E-state index contributed by atoms with van der Waals surface area (Å²) in [5, 5.41) is 34.8. The minimum Gasteiger partial charge on any atom is -0.465 e. The smallest absolute Gasteiger partial charge is 0.410 e. The number of fused-ring (bicyclic) bond motifs is 2. The molecule has 2 aliphatic rings. The molecule has 2 aromatic rings. The number of anilines is 1. The SMILES string of the molecule is CC1(C)O[C@H]2[C@H](c3ccc4c(NC(=O)O)ncnn34)O[C@](C#N)(CO)[C@H]2O1. The summed E-state index contributed by atoms with van der Waals surface area (Å²) >= 11 is 0. The highest BCUT2D eigenvalue weighted by atomic mass is 16.8. The molecule has 2 aromatic heterocycles. The molecule has 11 nitrogen and oxygen atoms in total. The Morgan fingerprint density at radius 2 is 2.19 bits per heavy atom. The van der Waals surface area contributed by atoms with Crippen LogP contribution in [-0.2, 0) is 14.2 Å². The monoisotopic (exact) mass is 375 g/mol. The number of aliphatic hydroxyl groups is 1. The maximum atomic E-state index is 11.0. The molecule has 0 bridgehead atoms. The molecule has 0 spiro atoms. The first-order valence-corrected chi connectivity index (χ1v) is 8.18. The van der Waals surface area contributed by atoms with E-state index in [1.807, 2.05) is 6.07 Å². The van der Waals surface area contributed by atoms with Crippen molar-refractivity contribution in [1.29, 1.82) is 5.26 Å². The van der Waals surface area contributed by atoms with Gasteiger partial charge in [0.25, 0.3) is 0 Å². The van der Waals surface area contributed by atoms with Crippen molar-refractivity contribution in [2.45, 2.75) is 43.5 Å². The topological polar surface area (TPSA) is 151 Å². The number of aromatic nitrogens is 3. The maximum Gasteiger partial charge on any atom is 0.410 e. The summed E-state index contributed by atoms with van der Waals surface area (Å²) in [5.41, 5.74) is -0.656. The van der Waals surface area contributed by atoms with Crippen LogP contribution in [0.25, 0.3) is 5.52 Å². The Hall–Kier alpha value is -2.78. The Labute approximate surface area is 153 Å². The first-order valence-electron chi connectivity index (χ1n) is 8.18. The summed E-state index contributed by atoms with van der Waals surface area (Å²) < 4.78 is 19.1. The first-order chi connectivity index (χ1) is 12.8. The fraction of sp³-hybridized carbons (Fsp3) is 0.500. The second-order valence-corrected chi connectivity index (χ2v) is 6.81. The van der Waals surface area contributed by atoms with Gasteiger partial charge >= 0.3 is 6.09 Å². The van der Waals surface area contributed by atoms with Gasteiger partial charge in [-0.2, -0.15) is 10.4 Å². The zero-order valence-corrected chi connectivity index (χ0v) is 14.5. The number of rotatable bonds is 3. The molecule has 2 aliphatic heterocycles. The van der Waals surface area contributed by atoms with Gasteiger partial charge in [0.2, 0.25) is 5.60 Å². The standard InChI is InChI=1S/C16H17N5O6/c1-15(2)25-11-10(26-16(5-17,6-22)12(11)27-15)8-3-4-9-13(20-14(23)24)18-7-19-21(8)9/h3-4,7,10-12,22H,6H2,1-2H3,(H,23,24)(H,18,19,20)/t10-,11-,12-,16+/m0/s1. The summed E-state index contributed by atoms with van der Waals surface area (Å²) in [6.07, 6.45) is -2.27. The third-order valence-corrected chi connectivity index (χ3v) is 4.65. The van der Waals surface area contributed by atoms with Crippen LogP contribution in [0.1, 0.15) is 25.6 Å². The molecule has 11 heteroatoms. The Morgan fingerprint density at radius 1 is 1.41 bits per heavy atom. The van der Waals surface area contributed by atoms with Crippen LogP contribution in [0, 0.1) is 11.3 Å². The van der Waals surface area contributed by atoms with Crippen LogP contribution < -0.4 is 5.32 Å². The lowest BCUT2D eigenvalue weighted by Crippen LogP contribution is -2.45. The first kappa shape index (κ1) is 17.6. The van der Waals surface area contributed by atoms with Crippen LogP contribution in [0.15, 0.2) is 18.5 Å². The number of carboxylic acid groups (broad SMARTS) is 1. The molecule has 4 atom stereocenters. The van der Waals surface area contributed by atoms with Crippen molar-refractivity contribution < 1.29 is 29.2 Å². The van der Waals surface area contributed by atoms with Gasteiger partial charge in [0, 0.05) is 0 Å². The highest BCUT2D eigenvalue weighted by Crippen LogP contribution is 2.49. The Morgan fingerprint density at radius 3 is 2.85 bits per heavy atom. The van der Waals surface area contributed by atoms with Crippen LogP contribution in [0.2, 0.25) is 0 Å². The number of nitrogens with one attached hydrogen (secondary N) is 1. The van der Waals surface area contributed by atoms with E-state index < -0.39 is 42.4 Å². The largest absolute Gasteiger partial charge is 0.465 e. The maximum absolute atomic E-state index is 11.0. The summed E-state index contributed by atoms with van der Waals surface area (Å²) in [4.78, 5) is 14.9. The van der Waals surface area contributed by atoms with Crippen molar-refractivity contribution in [3.63, 3.8) is 0 Å². The molecule has 4 rings (SSSR count). The molecule has 0 aliphatic carbocycles. The second-order valence-electron chi connectivity index (χ2n) is 6.81. The zero-order chi connectivity index (χ0) is 19.4. The number of carbonyl (C=O) groups is 1. The molecule has 1 amide bonds. The van der Waals surface area contributed by atoms with Gasteiger partial charge in [-0.3, -0.25) is 5.32 Å². The molecule has 27 heavy (non-hydrogen) atoms. The van der Waals surface area contributed by atoms with Crippen molar-refractivity contribution in [3.05, 3.63) is 24.2 Å². The van der Waals surface area contributed by atoms with Crippen molar-refractivity contribution >= 4 is 17.4 Å². The molecule has 0 radical (unpaired) electrons. The van der Waals surface area contributed by atoms with E-state index in [9.17, 15) is 15.2 Å². The van der Waals surface area contributed by atoms with E-state index in [0.29, 0.717) is 11.2 Å². The second kappa shape index (κ2) is 5.86. The molecule has 0 aromatic carbocycles. The lowest BCUT2D eigenvalue weighted by molar-refractivity contribution is -0.205. The average Bonchev–Trinajstić information content (AvgIpc) is 3.25. The average molecular weight is 375 g/mol. The van der Waals surface area contributed by atoms with Crippen LogP contribution in [0.5, 0.6) is 0 Å². The lowest BCUT2D eigenvalue weighted by atomic mass is 9.96. The van der Waals surface area contributed by atoms with Crippen LogP contribution in [-0.4, -0.2) is 61.1 Å². The van der Waals surface area contributed by atoms with Crippen molar-refractivity contribution in [2.75, 3.05) is 11.9 Å². The minimum absolute atomic E-state index is 0.107. The van der Waals surface area contributed by atoms with Crippen LogP contribution in [0.3, 0.4) is 0 Å². The summed E-state index contributed by atoms with van der Waals surface area (Å²) in [7, 11) is 0. The molecule has 0 unspecified atom stereocenters. The summed E-state index contributed by atoms with van der Waals surface area (Å²) in [5.74, 6) is -0.844. The van der Waals surface area contributed by atoms with E-state index in [1.54, 1.807) is 26.0 Å². The van der Waals surface area contributed by atoms with Gasteiger partial charge in [-0.05, 0) is 26.0 Å². The van der Waals surface area contributed by atoms with E-state index in [0.717, 1.165) is 0 Å². The number of nitrogens with zero attached hydrogens (tertiary/aromatic N) is 4. The molecule has 2 fully saturated rings. The molecule has 4 heterocycles. The number of aliphatic hydroxyl groups excluding tert-OH is 1. The highest BCUT2D eigenvalue weighted by molar-refractivity contribution is 5.87. The molecule has 2 saturated heterocycles. The van der Waals surface area contributed by atoms with Crippen molar-refractivity contribution in [3.8, 4) is 6.07 Å². The normalized spacial score (nSPS) is 31.6. The van der Waals surface area contributed by atoms with Gasteiger partial charge in [0.15, 0.2) is 11.6 Å². The number of ether oxygens (including phenoxy) is 3. The van der Waals surface area contributed by atoms with E-state index in [-0.39, 0.29) is 5.82 Å². The van der Waals surface area contributed by atoms with Crippen LogP contribution >= 0.6 is 0 Å². The van der Waals surface area contributed by atoms with Gasteiger partial charge in [-0.1, -0.05) is 0 Å². The molecule has 142 valence electrons. The number of nitriles is 1. The lowest BCUT2D eigenvalue weighted by Gasteiger charge is -2.27. The number of hydrogen-bond donors (Lipinski definition) is 3. The van der Waals surface area contributed by atoms with Gasteiger partial charge in [0.05, 0.1) is 12.3 Å². The van der Waals surface area contributed by atoms with Crippen LogP contribution in [0.4, 0.5) is 10.6 Å². The Bertz CT molecular complexity index is 952. The Kier molecular flexibility index (Phi) is 3.83. The zero-order valence-electron chi connectivity index (χ0n) is 14.5. The third-order valence-electron chi connectivity index (χ3n) is 4.65. The molecular weight excluding hydrogens is 358 g/mol. The molecule has 0 saturated carbocycles. The number of hydrogen-bond acceptors (Lipinski definition) is 8. The van der Waals surface area contributed by atoms with E-state index in [4.69, 9.17) is 19.3 Å². The van der Waals surface area contributed by atoms with Crippen molar-refractivity contribution in [2.24, 2.45) is 0 Å². The third kappa shape index (κ3) is 2.62. The quantitative estimate of drug-likeness (QED) is 0.702. The molecular formula is C16H17N5O6. The predicted octanol–water partition coefficient (Wildman–Crippen LogP) is 0.665. The highest BCUT2D eigenvalue weighted by Gasteiger charge is 2.64. The summed E-state index contributed by atoms with van der Waals surface area (Å²) in [6, 6.07) is 5.31. The molecule has 3 N–H and O–H groups in total. The fourth-order valence-electron chi connectivity index (χ4n) is 3.58. The van der Waals surface area contributed by atoms with Crippen molar-refractivity contribution in [1.82, 2.24) is 14.6 Å². The van der Waals surface area contributed by atoms with E-state index in [2.05, 4.69) is 15.4 Å². The van der Waals surface area contributed by atoms with Gasteiger partial charge in [0.1, 0.15) is 36.2 Å². The van der Waals surface area contributed by atoms with E-state index >= 15 is 0 Å². The van der Waals surface area contributed by atoms with Gasteiger partial charge < -0.3 is 24.4 Å². The minimum atomic E-state index is -1.58. The van der Waals surface area contributed by atoms with Gasteiger partial charge in [-0.25, -0.2) is 14.3 Å². The van der Waals surface area contributed by atoms with Gasteiger partial charge in [-0.15, -0.1) is 0 Å².